The Morgan fingerprint density at radius 2 is 1.71 bits per heavy atom. The fourth-order valence-corrected chi connectivity index (χ4v) is 3.77. The lowest BCUT2D eigenvalue weighted by molar-refractivity contribution is -0.138. The van der Waals surface area contributed by atoms with Crippen molar-refractivity contribution in [3.05, 3.63) is 51.4 Å². The van der Waals surface area contributed by atoms with Gasteiger partial charge in [-0.2, -0.15) is 13.2 Å². The van der Waals surface area contributed by atoms with Crippen molar-refractivity contribution in [1.29, 1.82) is 0 Å². The zero-order valence-electron chi connectivity index (χ0n) is 16.7. The van der Waals surface area contributed by atoms with Gasteiger partial charge in [-0.15, -0.1) is 11.3 Å². The number of halogens is 3. The van der Waals surface area contributed by atoms with E-state index < -0.39 is 41.8 Å². The van der Waals surface area contributed by atoms with Crippen molar-refractivity contribution in [2.75, 3.05) is 18.5 Å². The van der Waals surface area contributed by atoms with Crippen LogP contribution in [0.2, 0.25) is 0 Å². The highest BCUT2D eigenvalue weighted by Gasteiger charge is 2.35. The number of ketones is 1. The Kier molecular flexibility index (Phi) is 7.55. The zero-order chi connectivity index (χ0) is 23.3. The van der Waals surface area contributed by atoms with Crippen molar-refractivity contribution in [2.45, 2.75) is 26.9 Å². The summed E-state index contributed by atoms with van der Waals surface area (Å²) >= 11 is 0.842. The summed E-state index contributed by atoms with van der Waals surface area (Å²) in [5.74, 6) is -3.32. The second-order valence-electron chi connectivity index (χ2n) is 6.20. The van der Waals surface area contributed by atoms with Crippen LogP contribution in [-0.2, 0) is 20.4 Å². The molecule has 1 aromatic heterocycles. The van der Waals surface area contributed by atoms with Gasteiger partial charge in [0, 0.05) is 0 Å². The molecule has 0 atom stereocenters. The van der Waals surface area contributed by atoms with Crippen LogP contribution in [0.1, 0.15) is 55.4 Å². The first-order valence-corrected chi connectivity index (χ1v) is 9.73. The molecule has 0 saturated heterocycles. The number of ether oxygens (including phenoxy) is 2. The van der Waals surface area contributed by atoms with E-state index in [1.54, 1.807) is 6.92 Å². The second kappa shape index (κ2) is 9.73. The van der Waals surface area contributed by atoms with Crippen LogP contribution in [0.4, 0.5) is 18.2 Å². The minimum Gasteiger partial charge on any atom is -0.462 e. The molecule has 1 N–H and O–H groups in total. The van der Waals surface area contributed by atoms with E-state index in [1.807, 2.05) is 0 Å². The van der Waals surface area contributed by atoms with E-state index in [2.05, 4.69) is 5.32 Å². The topological polar surface area (TPSA) is 98.8 Å². The molecule has 0 spiro atoms. The summed E-state index contributed by atoms with van der Waals surface area (Å²) in [6.07, 6.45) is -4.77. The summed E-state index contributed by atoms with van der Waals surface area (Å²) in [6, 6.07) is 4.01. The van der Waals surface area contributed by atoms with Gasteiger partial charge in [-0.1, -0.05) is 12.1 Å². The minimum absolute atomic E-state index is 0.0119. The van der Waals surface area contributed by atoms with Crippen LogP contribution in [0.25, 0.3) is 0 Å². The highest BCUT2D eigenvalue weighted by Crippen LogP contribution is 2.34. The molecule has 11 heteroatoms. The van der Waals surface area contributed by atoms with Crippen molar-refractivity contribution >= 4 is 40.0 Å². The van der Waals surface area contributed by atoms with Gasteiger partial charge >= 0.3 is 18.1 Å². The lowest BCUT2D eigenvalue weighted by atomic mass is 10.1. The number of Topliss-reactive ketones (excluding diaryl/α,β-unsaturated/α-hetero) is 1. The lowest BCUT2D eigenvalue weighted by Gasteiger charge is -2.12. The number of amides is 1. The number of hydrogen-bond acceptors (Lipinski definition) is 7. The van der Waals surface area contributed by atoms with E-state index in [4.69, 9.17) is 9.47 Å². The fourth-order valence-electron chi connectivity index (χ4n) is 2.67. The third-order valence-electron chi connectivity index (χ3n) is 3.99. The highest BCUT2D eigenvalue weighted by atomic mass is 32.1. The summed E-state index contributed by atoms with van der Waals surface area (Å²) in [7, 11) is 0. The van der Waals surface area contributed by atoms with Crippen molar-refractivity contribution < 1.29 is 41.8 Å². The molecule has 0 bridgehead atoms. The maximum Gasteiger partial charge on any atom is 0.417 e. The van der Waals surface area contributed by atoms with Crippen molar-refractivity contribution in [3.63, 3.8) is 0 Å². The molecule has 2 rings (SSSR count). The molecule has 1 heterocycles. The molecule has 166 valence electrons. The number of hydrogen-bond donors (Lipinski definition) is 1. The van der Waals surface area contributed by atoms with Crippen LogP contribution in [0.15, 0.2) is 24.3 Å². The average molecular weight is 457 g/mol. The molecule has 1 aromatic carbocycles. The Bertz CT molecular complexity index is 1030. The lowest BCUT2D eigenvalue weighted by Crippen LogP contribution is -2.23. The minimum atomic E-state index is -4.77. The first-order valence-electron chi connectivity index (χ1n) is 8.92. The molecular formula is C20H18F3NO6S. The van der Waals surface area contributed by atoms with Gasteiger partial charge in [-0.25, -0.2) is 9.59 Å². The molecular weight excluding hydrogens is 439 g/mol. The summed E-state index contributed by atoms with van der Waals surface area (Å²) in [5.41, 5.74) is -1.62. The third-order valence-corrected chi connectivity index (χ3v) is 5.29. The van der Waals surface area contributed by atoms with Gasteiger partial charge in [0.15, 0.2) is 12.4 Å². The monoisotopic (exact) mass is 457 g/mol. The van der Waals surface area contributed by atoms with Gasteiger partial charge < -0.3 is 14.8 Å². The van der Waals surface area contributed by atoms with E-state index in [9.17, 15) is 32.3 Å². The molecule has 0 aliphatic heterocycles. The molecule has 1 amide bonds. The highest BCUT2D eigenvalue weighted by molar-refractivity contribution is 7.18. The number of carbonyl (C=O) groups is 4. The second-order valence-corrected chi connectivity index (χ2v) is 7.23. The molecule has 0 radical (unpaired) electrons. The molecule has 0 saturated carbocycles. The van der Waals surface area contributed by atoms with Crippen LogP contribution < -0.4 is 5.32 Å². The first-order chi connectivity index (χ1) is 14.5. The van der Waals surface area contributed by atoms with E-state index in [-0.39, 0.29) is 27.8 Å². The number of esters is 2. The van der Waals surface area contributed by atoms with E-state index in [0.29, 0.717) is 5.56 Å². The predicted molar refractivity (Wildman–Crippen MR) is 105 cm³/mol. The normalized spacial score (nSPS) is 11.0. The summed E-state index contributed by atoms with van der Waals surface area (Å²) in [4.78, 5) is 48.5. The Balaban J connectivity index is 2.17. The van der Waals surface area contributed by atoms with Crippen LogP contribution in [0.5, 0.6) is 0 Å². The summed E-state index contributed by atoms with van der Waals surface area (Å²) < 4.78 is 48.7. The van der Waals surface area contributed by atoms with E-state index >= 15 is 0 Å². The number of anilines is 1. The molecule has 31 heavy (non-hydrogen) atoms. The van der Waals surface area contributed by atoms with E-state index in [1.165, 1.54) is 19.9 Å². The molecule has 2 aromatic rings. The van der Waals surface area contributed by atoms with Gasteiger partial charge in [0.25, 0.3) is 5.91 Å². The third kappa shape index (κ3) is 5.69. The molecule has 7 nitrogen and oxygen atoms in total. The summed E-state index contributed by atoms with van der Waals surface area (Å²) in [6.45, 7) is 3.55. The number of thiophene rings is 1. The van der Waals surface area contributed by atoms with Crippen LogP contribution in [-0.4, -0.2) is 36.8 Å². The van der Waals surface area contributed by atoms with Crippen LogP contribution in [0.3, 0.4) is 0 Å². The SMILES string of the molecule is CCOC(=O)c1c(NC(=O)COC(=O)c2ccccc2C(F)(F)F)sc(C(C)=O)c1C. The Morgan fingerprint density at radius 3 is 2.29 bits per heavy atom. The number of nitrogens with one attached hydrogen (secondary N) is 1. The average Bonchev–Trinajstić information content (AvgIpc) is 3.01. The van der Waals surface area contributed by atoms with Gasteiger partial charge in [0.1, 0.15) is 5.00 Å². The van der Waals surface area contributed by atoms with Crippen molar-refractivity contribution in [3.8, 4) is 0 Å². The zero-order valence-corrected chi connectivity index (χ0v) is 17.5. The maximum atomic E-state index is 13.0. The van der Waals surface area contributed by atoms with Crippen molar-refractivity contribution in [1.82, 2.24) is 0 Å². The van der Waals surface area contributed by atoms with Gasteiger partial charge in [-0.05, 0) is 38.5 Å². The predicted octanol–water partition coefficient (Wildman–Crippen LogP) is 4.25. The van der Waals surface area contributed by atoms with Crippen LogP contribution in [0, 0.1) is 6.92 Å². The number of alkyl halides is 3. The van der Waals surface area contributed by atoms with Gasteiger partial charge in [-0.3, -0.25) is 9.59 Å². The molecule has 0 aliphatic rings. The Labute approximate surface area is 179 Å². The number of rotatable bonds is 7. The quantitative estimate of drug-likeness (QED) is 0.493. The Morgan fingerprint density at radius 1 is 1.06 bits per heavy atom. The molecule has 0 unspecified atom stereocenters. The fraction of sp³-hybridized carbons (Fsp3) is 0.300. The van der Waals surface area contributed by atoms with E-state index in [0.717, 1.165) is 29.5 Å². The smallest absolute Gasteiger partial charge is 0.417 e. The van der Waals surface area contributed by atoms with Crippen molar-refractivity contribution in [2.24, 2.45) is 0 Å². The Hall–Kier alpha value is -3.21. The van der Waals surface area contributed by atoms with Crippen LogP contribution >= 0.6 is 11.3 Å². The number of benzene rings is 1. The maximum absolute atomic E-state index is 13.0. The largest absolute Gasteiger partial charge is 0.462 e. The van der Waals surface area contributed by atoms with Gasteiger partial charge in [0.2, 0.25) is 0 Å². The molecule has 0 fully saturated rings. The first kappa shape index (κ1) is 24.1. The molecule has 0 aliphatic carbocycles. The van der Waals surface area contributed by atoms with Gasteiger partial charge in [0.05, 0.1) is 28.2 Å². The number of carbonyl (C=O) groups excluding carboxylic acids is 4. The standard InChI is InChI=1S/C20H18F3NO6S/c1-4-29-19(28)15-10(2)16(11(3)25)31-17(15)24-14(26)9-30-18(27)12-7-5-6-8-13(12)20(21,22)23/h5-8H,4,9H2,1-3H3,(H,24,26). The summed E-state index contributed by atoms with van der Waals surface area (Å²) in [5, 5.41) is 2.36.